The van der Waals surface area contributed by atoms with Crippen LogP contribution >= 0.6 is 11.6 Å². The number of hydrogen-bond acceptors (Lipinski definition) is 2. The zero-order chi connectivity index (χ0) is 13.1. The van der Waals surface area contributed by atoms with Crippen molar-refractivity contribution in [2.24, 2.45) is 5.73 Å². The molecule has 0 aromatic heterocycles. The molecule has 0 heterocycles. The molecule has 0 aliphatic heterocycles. The summed E-state index contributed by atoms with van der Waals surface area (Å²) in [5.41, 5.74) is 8.52. The van der Waals surface area contributed by atoms with E-state index in [1.807, 2.05) is 43.3 Å². The lowest BCUT2D eigenvalue weighted by Crippen LogP contribution is -2.05. The van der Waals surface area contributed by atoms with Crippen LogP contribution in [0.3, 0.4) is 0 Å². The molecule has 0 radical (unpaired) electrons. The minimum Gasteiger partial charge on any atom is -0.384 e. The fraction of sp³-hybridized carbons (Fsp3) is 0.200. The maximum atomic E-state index is 10.2. The topological polar surface area (TPSA) is 46.2 Å². The van der Waals surface area contributed by atoms with Crippen molar-refractivity contribution in [1.29, 1.82) is 0 Å². The minimum absolute atomic E-state index is 0.00623. The smallest absolute Gasteiger partial charge is 0.104 e. The van der Waals surface area contributed by atoms with Gasteiger partial charge in [0.25, 0.3) is 0 Å². The van der Waals surface area contributed by atoms with Crippen LogP contribution in [0.2, 0.25) is 5.02 Å². The second-order valence-corrected chi connectivity index (χ2v) is 4.85. The van der Waals surface area contributed by atoms with Gasteiger partial charge >= 0.3 is 0 Å². The van der Waals surface area contributed by atoms with Crippen LogP contribution in [-0.4, -0.2) is 5.11 Å². The maximum Gasteiger partial charge on any atom is 0.104 e. The van der Waals surface area contributed by atoms with E-state index >= 15 is 0 Å². The van der Waals surface area contributed by atoms with Gasteiger partial charge in [-0.15, -0.1) is 0 Å². The van der Waals surface area contributed by atoms with Crippen LogP contribution in [0.25, 0.3) is 0 Å². The van der Waals surface area contributed by atoms with Crippen LogP contribution < -0.4 is 5.73 Å². The summed E-state index contributed by atoms with van der Waals surface area (Å²) < 4.78 is 0. The highest BCUT2D eigenvalue weighted by Crippen LogP contribution is 2.24. The number of nitrogens with two attached hydrogens (primary N) is 1. The third-order valence-corrected chi connectivity index (χ3v) is 3.22. The molecule has 0 aliphatic carbocycles. The number of hydrogen-bond donors (Lipinski definition) is 2. The molecule has 2 unspecified atom stereocenters. The number of halogens is 1. The van der Waals surface area contributed by atoms with Crippen molar-refractivity contribution in [3.05, 3.63) is 70.2 Å². The van der Waals surface area contributed by atoms with Crippen LogP contribution in [-0.2, 0) is 0 Å². The Balaban J connectivity index is 2.23. The number of aliphatic hydroxyl groups excluding tert-OH is 1. The molecule has 18 heavy (non-hydrogen) atoms. The highest BCUT2D eigenvalue weighted by atomic mass is 35.5. The van der Waals surface area contributed by atoms with Gasteiger partial charge in [0.2, 0.25) is 0 Å². The van der Waals surface area contributed by atoms with E-state index in [0.29, 0.717) is 5.02 Å². The van der Waals surface area contributed by atoms with E-state index in [9.17, 15) is 5.11 Å². The van der Waals surface area contributed by atoms with Crippen LogP contribution in [0, 0.1) is 0 Å². The minimum atomic E-state index is -0.635. The second-order valence-electron chi connectivity index (χ2n) is 4.41. The molecule has 0 saturated heterocycles. The van der Waals surface area contributed by atoms with E-state index in [1.54, 1.807) is 12.1 Å². The van der Waals surface area contributed by atoms with Crippen LogP contribution in [0.5, 0.6) is 0 Å². The zero-order valence-electron chi connectivity index (χ0n) is 10.2. The first-order valence-electron chi connectivity index (χ1n) is 5.87. The van der Waals surface area contributed by atoms with Gasteiger partial charge < -0.3 is 10.8 Å². The van der Waals surface area contributed by atoms with Crippen molar-refractivity contribution in [2.75, 3.05) is 0 Å². The monoisotopic (exact) mass is 261 g/mol. The first-order chi connectivity index (χ1) is 8.58. The number of aliphatic hydroxyl groups is 1. The predicted molar refractivity (Wildman–Crippen MR) is 74.6 cm³/mol. The molecule has 3 heteroatoms. The molecule has 0 amide bonds. The highest BCUT2D eigenvalue weighted by molar-refractivity contribution is 6.30. The Hall–Kier alpha value is -1.35. The van der Waals surface area contributed by atoms with Crippen molar-refractivity contribution >= 4 is 11.6 Å². The zero-order valence-corrected chi connectivity index (χ0v) is 10.9. The molecule has 2 atom stereocenters. The molecule has 0 spiro atoms. The summed E-state index contributed by atoms with van der Waals surface area (Å²) in [6.45, 7) is 1.94. The van der Waals surface area contributed by atoms with Gasteiger partial charge in [-0.3, -0.25) is 0 Å². The van der Waals surface area contributed by atoms with Gasteiger partial charge in [0.05, 0.1) is 0 Å². The van der Waals surface area contributed by atoms with Crippen LogP contribution in [0.15, 0.2) is 48.5 Å². The lowest BCUT2D eigenvalue weighted by molar-refractivity contribution is 0.220. The normalized spacial score (nSPS) is 14.2. The highest BCUT2D eigenvalue weighted by Gasteiger charge is 2.10. The van der Waals surface area contributed by atoms with Crippen molar-refractivity contribution in [2.45, 2.75) is 19.1 Å². The van der Waals surface area contributed by atoms with E-state index in [2.05, 4.69) is 0 Å². The summed E-state index contributed by atoms with van der Waals surface area (Å²) in [5, 5.41) is 10.9. The average Bonchev–Trinajstić information content (AvgIpc) is 2.39. The Morgan fingerprint density at radius 3 is 1.72 bits per heavy atom. The lowest BCUT2D eigenvalue weighted by Gasteiger charge is -2.13. The van der Waals surface area contributed by atoms with Crippen LogP contribution in [0.1, 0.15) is 35.8 Å². The predicted octanol–water partition coefficient (Wildman–Crippen LogP) is 3.44. The summed E-state index contributed by atoms with van der Waals surface area (Å²) >= 11 is 5.82. The van der Waals surface area contributed by atoms with Gasteiger partial charge in [-0.25, -0.2) is 0 Å². The molecule has 3 N–H and O–H groups in total. The van der Waals surface area contributed by atoms with E-state index in [1.165, 1.54) is 0 Å². The van der Waals surface area contributed by atoms with Crippen molar-refractivity contribution in [1.82, 2.24) is 0 Å². The molecular formula is C15H16ClNO. The fourth-order valence-electron chi connectivity index (χ4n) is 1.82. The molecule has 0 bridgehead atoms. The first kappa shape index (κ1) is 13.1. The molecule has 94 valence electrons. The molecule has 0 fully saturated rings. The number of rotatable bonds is 3. The Labute approximate surface area is 112 Å². The van der Waals surface area contributed by atoms with Gasteiger partial charge in [-0.1, -0.05) is 48.0 Å². The molecule has 2 rings (SSSR count). The molecule has 2 nitrogen and oxygen atoms in total. The Bertz CT molecular complexity index is 505. The number of benzene rings is 2. The van der Waals surface area contributed by atoms with Gasteiger partial charge in [0.1, 0.15) is 6.10 Å². The van der Waals surface area contributed by atoms with Gasteiger partial charge in [-0.2, -0.15) is 0 Å². The molecule has 0 aliphatic rings. The second kappa shape index (κ2) is 5.53. The van der Waals surface area contributed by atoms with Crippen molar-refractivity contribution in [3.63, 3.8) is 0 Å². The van der Waals surface area contributed by atoms with E-state index < -0.39 is 6.10 Å². The molecule has 2 aromatic rings. The summed E-state index contributed by atoms with van der Waals surface area (Å²) in [6.07, 6.45) is -0.635. The lowest BCUT2D eigenvalue weighted by atomic mass is 9.99. The van der Waals surface area contributed by atoms with E-state index in [0.717, 1.165) is 16.7 Å². The van der Waals surface area contributed by atoms with Gasteiger partial charge in [0.15, 0.2) is 0 Å². The molecule has 2 aromatic carbocycles. The Morgan fingerprint density at radius 1 is 0.889 bits per heavy atom. The van der Waals surface area contributed by atoms with E-state index in [4.69, 9.17) is 17.3 Å². The third-order valence-electron chi connectivity index (χ3n) is 2.96. The molecule has 0 saturated carbocycles. The SMILES string of the molecule is CC(N)c1ccc(C(O)c2ccc(Cl)cc2)cc1. The summed E-state index contributed by atoms with van der Waals surface area (Å²) in [7, 11) is 0. The van der Waals surface area contributed by atoms with E-state index in [-0.39, 0.29) is 6.04 Å². The largest absolute Gasteiger partial charge is 0.384 e. The standard InChI is InChI=1S/C15H16ClNO/c1-10(17)11-2-4-12(5-3-11)15(18)13-6-8-14(16)9-7-13/h2-10,15,18H,17H2,1H3. The van der Waals surface area contributed by atoms with Gasteiger partial charge in [-0.05, 0) is 35.7 Å². The quantitative estimate of drug-likeness (QED) is 0.889. The van der Waals surface area contributed by atoms with Gasteiger partial charge in [0, 0.05) is 11.1 Å². The molecular weight excluding hydrogens is 246 g/mol. The summed E-state index contributed by atoms with van der Waals surface area (Å²) in [5.74, 6) is 0. The Morgan fingerprint density at radius 2 is 1.28 bits per heavy atom. The first-order valence-corrected chi connectivity index (χ1v) is 6.24. The Kier molecular flexibility index (Phi) is 4.02. The maximum absolute atomic E-state index is 10.2. The van der Waals surface area contributed by atoms with Crippen LogP contribution in [0.4, 0.5) is 0 Å². The van der Waals surface area contributed by atoms with Crippen molar-refractivity contribution in [3.8, 4) is 0 Å². The van der Waals surface area contributed by atoms with Crippen molar-refractivity contribution < 1.29 is 5.11 Å². The average molecular weight is 262 g/mol. The summed E-state index contributed by atoms with van der Waals surface area (Å²) in [4.78, 5) is 0. The summed E-state index contributed by atoms with van der Waals surface area (Å²) in [6, 6.07) is 14.9. The fourth-order valence-corrected chi connectivity index (χ4v) is 1.95. The third kappa shape index (κ3) is 2.91.